The van der Waals surface area contributed by atoms with Crippen LogP contribution in [-0.2, 0) is 12.0 Å². The maximum Gasteiger partial charge on any atom is 0.0640 e. The predicted molar refractivity (Wildman–Crippen MR) is 201 cm³/mol. The number of thiophene rings is 1. The minimum atomic E-state index is -0.0196. The minimum absolute atomic E-state index is 0.0196. The highest BCUT2D eigenvalue weighted by Gasteiger charge is 2.21. The number of allylic oxidation sites excluding steroid dienone is 1. The third-order valence-corrected chi connectivity index (χ3v) is 10.2. The van der Waals surface area contributed by atoms with Crippen LogP contribution in [-0.4, -0.2) is 4.57 Å². The molecule has 0 saturated heterocycles. The van der Waals surface area contributed by atoms with Crippen LogP contribution in [0.4, 0.5) is 17.1 Å². The fourth-order valence-electron chi connectivity index (χ4n) is 7.00. The van der Waals surface area contributed by atoms with Crippen LogP contribution >= 0.6 is 11.3 Å². The normalized spacial score (nSPS) is 12.0. The van der Waals surface area contributed by atoms with Crippen LogP contribution in [0.15, 0.2) is 146 Å². The van der Waals surface area contributed by atoms with Gasteiger partial charge < -0.3 is 9.47 Å². The Labute approximate surface area is 274 Å². The highest BCUT2D eigenvalue weighted by molar-refractivity contribution is 7.26. The van der Waals surface area contributed by atoms with E-state index in [-0.39, 0.29) is 5.54 Å². The fourth-order valence-corrected chi connectivity index (χ4v) is 8.21. The Bertz CT molecular complexity index is 2400. The molecule has 46 heavy (non-hydrogen) atoms. The van der Waals surface area contributed by atoms with Crippen LogP contribution in [0.25, 0.3) is 53.1 Å². The van der Waals surface area contributed by atoms with E-state index in [1.165, 1.54) is 64.4 Å². The van der Waals surface area contributed by atoms with E-state index < -0.39 is 0 Å². The van der Waals surface area contributed by atoms with Gasteiger partial charge in [-0.25, -0.2) is 0 Å². The lowest BCUT2D eigenvalue weighted by Crippen LogP contribution is -2.21. The van der Waals surface area contributed by atoms with Gasteiger partial charge in [0.25, 0.3) is 0 Å². The molecule has 0 N–H and O–H groups in total. The highest BCUT2D eigenvalue weighted by Crippen LogP contribution is 2.45. The average Bonchev–Trinajstić information content (AvgIpc) is 3.62. The summed E-state index contributed by atoms with van der Waals surface area (Å²) in [4.78, 5) is 2.41. The van der Waals surface area contributed by atoms with Crippen molar-refractivity contribution < 1.29 is 0 Å². The molecule has 6 aromatic carbocycles. The zero-order chi connectivity index (χ0) is 31.4. The van der Waals surface area contributed by atoms with Gasteiger partial charge in [0, 0.05) is 54.2 Å². The van der Waals surface area contributed by atoms with E-state index in [1.807, 2.05) is 17.4 Å². The first-order valence-corrected chi connectivity index (χ1v) is 16.8. The predicted octanol–water partition coefficient (Wildman–Crippen LogP) is 12.8. The van der Waals surface area contributed by atoms with Gasteiger partial charge in [-0.15, -0.1) is 17.9 Å². The van der Waals surface area contributed by atoms with Crippen molar-refractivity contribution in [2.75, 3.05) is 4.90 Å². The smallest absolute Gasteiger partial charge is 0.0640 e. The van der Waals surface area contributed by atoms with Gasteiger partial charge in [0.2, 0.25) is 0 Å². The molecule has 0 aliphatic carbocycles. The minimum Gasteiger partial charge on any atom is -0.335 e. The molecule has 0 bridgehead atoms. The van der Waals surface area contributed by atoms with Gasteiger partial charge in [0.1, 0.15) is 0 Å². The summed E-state index contributed by atoms with van der Waals surface area (Å²) in [5.41, 5.74) is 9.69. The summed E-state index contributed by atoms with van der Waals surface area (Å²) < 4.78 is 5.07. The quantitative estimate of drug-likeness (QED) is 0.170. The Morgan fingerprint density at radius 3 is 2.13 bits per heavy atom. The number of benzene rings is 6. The van der Waals surface area contributed by atoms with E-state index >= 15 is 0 Å². The first kappa shape index (κ1) is 28.4. The standard InChI is InChI=1S/C43H36N2S/c1-5-12-29-13-10-14-33(27-29)44(40-19-11-17-36-35-16-7-9-20-41(35)46-42(36)40)32-24-21-30(22-25-32)31-23-26-39-37(28-31)34-15-6-8-18-38(34)45(39)43(2,3)4/h5-11,13-28H,1,12H2,2-4H3. The first-order valence-electron chi connectivity index (χ1n) is 15.9. The summed E-state index contributed by atoms with van der Waals surface area (Å²) >= 11 is 1.87. The summed E-state index contributed by atoms with van der Waals surface area (Å²) in [6, 6.07) is 49.0. The molecule has 0 spiro atoms. The van der Waals surface area contributed by atoms with E-state index in [9.17, 15) is 0 Å². The van der Waals surface area contributed by atoms with E-state index in [2.05, 4.69) is 170 Å². The summed E-state index contributed by atoms with van der Waals surface area (Å²) in [6.45, 7) is 10.8. The van der Waals surface area contributed by atoms with E-state index in [0.29, 0.717) is 0 Å². The lowest BCUT2D eigenvalue weighted by atomic mass is 10.0. The Morgan fingerprint density at radius 2 is 1.33 bits per heavy atom. The first-order chi connectivity index (χ1) is 22.4. The topological polar surface area (TPSA) is 8.17 Å². The number of para-hydroxylation sites is 1. The maximum atomic E-state index is 3.99. The largest absolute Gasteiger partial charge is 0.335 e. The van der Waals surface area contributed by atoms with Gasteiger partial charge in [-0.2, -0.15) is 0 Å². The molecule has 2 nitrogen and oxygen atoms in total. The number of aromatic nitrogens is 1. The van der Waals surface area contributed by atoms with Crippen LogP contribution in [0.5, 0.6) is 0 Å². The molecule has 0 aliphatic rings. The third kappa shape index (κ3) is 4.71. The van der Waals surface area contributed by atoms with Gasteiger partial charge in [0.15, 0.2) is 0 Å². The van der Waals surface area contributed by atoms with Gasteiger partial charge in [-0.1, -0.05) is 84.9 Å². The molecule has 2 aromatic heterocycles. The molecule has 0 radical (unpaired) electrons. The lowest BCUT2D eigenvalue weighted by molar-refractivity contribution is 0.423. The Kier molecular flexibility index (Phi) is 6.81. The molecule has 0 saturated carbocycles. The molecule has 0 aliphatic heterocycles. The van der Waals surface area contributed by atoms with Crippen LogP contribution in [0, 0.1) is 0 Å². The number of hydrogen-bond donors (Lipinski definition) is 0. The van der Waals surface area contributed by atoms with Crippen molar-refractivity contribution >= 4 is 70.4 Å². The Balaban J connectivity index is 1.27. The second-order valence-electron chi connectivity index (χ2n) is 13.1. The molecule has 8 aromatic rings. The number of rotatable bonds is 6. The zero-order valence-electron chi connectivity index (χ0n) is 26.5. The van der Waals surface area contributed by atoms with Crippen molar-refractivity contribution in [2.24, 2.45) is 0 Å². The molecule has 2 heterocycles. The Hall–Kier alpha value is -5.12. The molecule has 0 amide bonds. The SMILES string of the molecule is C=CCc1cccc(N(c2ccc(-c3ccc4c(c3)c3ccccc3n4C(C)(C)C)cc2)c2cccc3c2sc2ccccc23)c1. The van der Waals surface area contributed by atoms with Crippen molar-refractivity contribution in [3.05, 3.63) is 152 Å². The summed E-state index contributed by atoms with van der Waals surface area (Å²) in [5.74, 6) is 0. The highest BCUT2D eigenvalue weighted by atomic mass is 32.1. The van der Waals surface area contributed by atoms with E-state index in [4.69, 9.17) is 0 Å². The average molecular weight is 613 g/mol. The van der Waals surface area contributed by atoms with Crippen LogP contribution < -0.4 is 4.90 Å². The summed E-state index contributed by atoms with van der Waals surface area (Å²) in [5, 5.41) is 5.20. The zero-order valence-corrected chi connectivity index (χ0v) is 27.3. The number of anilines is 3. The number of fused-ring (bicyclic) bond motifs is 6. The molecule has 0 atom stereocenters. The number of hydrogen-bond acceptors (Lipinski definition) is 2. The lowest BCUT2D eigenvalue weighted by Gasteiger charge is -2.27. The van der Waals surface area contributed by atoms with Gasteiger partial charge in [-0.3, -0.25) is 0 Å². The van der Waals surface area contributed by atoms with Crippen LogP contribution in [0.3, 0.4) is 0 Å². The van der Waals surface area contributed by atoms with Crippen LogP contribution in [0.1, 0.15) is 26.3 Å². The van der Waals surface area contributed by atoms with Crippen LogP contribution in [0.2, 0.25) is 0 Å². The van der Waals surface area contributed by atoms with Crippen molar-refractivity contribution in [3.8, 4) is 11.1 Å². The summed E-state index contributed by atoms with van der Waals surface area (Å²) in [6.07, 6.45) is 2.81. The molecule has 8 rings (SSSR count). The second kappa shape index (κ2) is 11.0. The molecule has 0 unspecified atom stereocenters. The van der Waals surface area contributed by atoms with Gasteiger partial charge in [0.05, 0.1) is 10.4 Å². The fraction of sp³-hybridized carbons (Fsp3) is 0.116. The molecule has 0 fully saturated rings. The molecule has 3 heteroatoms. The maximum absolute atomic E-state index is 3.99. The second-order valence-corrected chi connectivity index (χ2v) is 14.1. The van der Waals surface area contributed by atoms with E-state index in [1.54, 1.807) is 0 Å². The van der Waals surface area contributed by atoms with Gasteiger partial charge in [-0.05, 0) is 98.5 Å². The molecule has 224 valence electrons. The summed E-state index contributed by atoms with van der Waals surface area (Å²) in [7, 11) is 0. The van der Waals surface area contributed by atoms with Crippen molar-refractivity contribution in [3.63, 3.8) is 0 Å². The third-order valence-electron chi connectivity index (χ3n) is 8.98. The monoisotopic (exact) mass is 612 g/mol. The number of nitrogens with zero attached hydrogens (tertiary/aromatic N) is 2. The van der Waals surface area contributed by atoms with Crippen molar-refractivity contribution in [1.82, 2.24) is 4.57 Å². The molecular weight excluding hydrogens is 577 g/mol. The molecular formula is C43H36N2S. The van der Waals surface area contributed by atoms with E-state index in [0.717, 1.165) is 17.8 Å². The van der Waals surface area contributed by atoms with Gasteiger partial charge >= 0.3 is 0 Å². The van der Waals surface area contributed by atoms with Crippen molar-refractivity contribution in [2.45, 2.75) is 32.7 Å². The Morgan fingerprint density at radius 1 is 0.630 bits per heavy atom. The van der Waals surface area contributed by atoms with Crippen molar-refractivity contribution in [1.29, 1.82) is 0 Å².